The van der Waals surface area contributed by atoms with Crippen molar-refractivity contribution in [2.24, 2.45) is 0 Å². The highest BCUT2D eigenvalue weighted by molar-refractivity contribution is 7.11. The number of benzene rings is 1. The van der Waals surface area contributed by atoms with Crippen LogP contribution in [0.25, 0.3) is 22.2 Å². The quantitative estimate of drug-likeness (QED) is 0.436. The van der Waals surface area contributed by atoms with Gasteiger partial charge < -0.3 is 10.1 Å². The summed E-state index contributed by atoms with van der Waals surface area (Å²) in [7, 11) is 0. The van der Waals surface area contributed by atoms with E-state index in [1.54, 1.807) is 12.1 Å². The van der Waals surface area contributed by atoms with E-state index in [0.29, 0.717) is 28.0 Å². The lowest BCUT2D eigenvalue weighted by Gasteiger charge is -2.16. The number of aryl methyl sites for hydroxylation is 1. The Morgan fingerprint density at radius 1 is 1.13 bits per heavy atom. The Hall–Kier alpha value is -3.34. The molecule has 1 N–H and O–H groups in total. The molecule has 0 aliphatic carbocycles. The number of rotatable bonds is 7. The van der Waals surface area contributed by atoms with Gasteiger partial charge in [0, 0.05) is 10.9 Å². The van der Waals surface area contributed by atoms with Crippen LogP contribution in [0.1, 0.15) is 23.0 Å². The van der Waals surface area contributed by atoms with Gasteiger partial charge in [0.2, 0.25) is 0 Å². The number of nitrogens with zero attached hydrogens (tertiary/aromatic N) is 5. The number of pyridine rings is 1. The molecule has 31 heavy (non-hydrogen) atoms. The van der Waals surface area contributed by atoms with Crippen LogP contribution in [0.3, 0.4) is 0 Å². The Kier molecular flexibility index (Phi) is 5.94. The molecular formula is C20H17F3N6OS. The van der Waals surface area contributed by atoms with Crippen molar-refractivity contribution in [3.63, 3.8) is 0 Å². The van der Waals surface area contributed by atoms with Crippen molar-refractivity contribution in [3.05, 3.63) is 52.6 Å². The molecule has 4 rings (SSSR count). The number of halogens is 3. The van der Waals surface area contributed by atoms with E-state index in [9.17, 15) is 13.2 Å². The number of hydrogen-bond donors (Lipinski definition) is 1. The predicted molar refractivity (Wildman–Crippen MR) is 111 cm³/mol. The maximum Gasteiger partial charge on any atom is 0.272 e. The van der Waals surface area contributed by atoms with Crippen LogP contribution in [0, 0.1) is 12.7 Å². The molecule has 0 aliphatic heterocycles. The summed E-state index contributed by atoms with van der Waals surface area (Å²) in [4.78, 5) is 12.6. The zero-order valence-electron chi connectivity index (χ0n) is 16.5. The molecular weight excluding hydrogens is 429 g/mol. The second-order valence-electron chi connectivity index (χ2n) is 6.68. The van der Waals surface area contributed by atoms with Gasteiger partial charge in [-0.3, -0.25) is 4.98 Å². The Balaban J connectivity index is 1.80. The van der Waals surface area contributed by atoms with Crippen molar-refractivity contribution in [1.82, 2.24) is 25.1 Å². The van der Waals surface area contributed by atoms with Gasteiger partial charge >= 0.3 is 0 Å². The highest BCUT2D eigenvalue weighted by Crippen LogP contribution is 2.35. The third-order valence-corrected chi connectivity index (χ3v) is 5.38. The Bertz CT molecular complexity index is 1200. The lowest BCUT2D eigenvalue weighted by atomic mass is 10.1. The molecule has 0 bridgehead atoms. The zero-order valence-corrected chi connectivity index (χ0v) is 17.3. The van der Waals surface area contributed by atoms with Crippen LogP contribution in [0.4, 0.5) is 19.0 Å². The molecule has 0 saturated carbocycles. The molecule has 0 fully saturated rings. The molecule has 0 aliphatic rings. The molecule has 3 heterocycles. The minimum Gasteiger partial charge on any atom is -0.485 e. The Labute approximate surface area is 179 Å². The summed E-state index contributed by atoms with van der Waals surface area (Å²) in [5.41, 5.74) is 1.37. The molecule has 1 atom stereocenters. The second kappa shape index (κ2) is 8.80. The molecule has 0 spiro atoms. The van der Waals surface area contributed by atoms with E-state index in [-0.39, 0.29) is 11.8 Å². The number of ether oxygens (including phenoxy) is 1. The van der Waals surface area contributed by atoms with Crippen LogP contribution in [-0.2, 0) is 0 Å². The minimum atomic E-state index is -2.65. The summed E-state index contributed by atoms with van der Waals surface area (Å²) in [5.74, 6) is 0.144. The van der Waals surface area contributed by atoms with Crippen molar-refractivity contribution in [2.75, 3.05) is 11.9 Å². The first-order valence-corrected chi connectivity index (χ1v) is 10.1. The van der Waals surface area contributed by atoms with Crippen molar-refractivity contribution in [3.8, 4) is 17.0 Å². The summed E-state index contributed by atoms with van der Waals surface area (Å²) in [5, 5.41) is 13.6. The average Bonchev–Trinajstić information content (AvgIpc) is 3.19. The molecule has 3 aromatic heterocycles. The van der Waals surface area contributed by atoms with E-state index in [0.717, 1.165) is 16.2 Å². The molecule has 4 aromatic rings. The van der Waals surface area contributed by atoms with Crippen LogP contribution >= 0.6 is 11.3 Å². The lowest BCUT2D eigenvalue weighted by molar-refractivity contribution is 0.0826. The normalized spacial score (nSPS) is 12.3. The number of nitrogens with one attached hydrogen (secondary N) is 1. The van der Waals surface area contributed by atoms with Crippen molar-refractivity contribution in [1.29, 1.82) is 0 Å². The van der Waals surface area contributed by atoms with Crippen molar-refractivity contribution < 1.29 is 17.9 Å². The Morgan fingerprint density at radius 2 is 1.97 bits per heavy atom. The van der Waals surface area contributed by atoms with Crippen LogP contribution in [0.2, 0.25) is 0 Å². The zero-order chi connectivity index (χ0) is 22.0. The number of hydrogen-bond acceptors (Lipinski definition) is 8. The number of anilines is 1. The lowest BCUT2D eigenvalue weighted by Crippen LogP contribution is -2.10. The molecule has 1 aromatic carbocycles. The first-order chi connectivity index (χ1) is 14.9. The molecule has 160 valence electrons. The van der Waals surface area contributed by atoms with Crippen LogP contribution in [-0.4, -0.2) is 38.2 Å². The topological polar surface area (TPSA) is 85.7 Å². The van der Waals surface area contributed by atoms with Crippen LogP contribution < -0.4 is 10.1 Å². The summed E-state index contributed by atoms with van der Waals surface area (Å²) in [6.45, 7) is 2.98. The maximum absolute atomic E-state index is 13.3. The van der Waals surface area contributed by atoms with E-state index < -0.39 is 18.8 Å². The largest absolute Gasteiger partial charge is 0.485 e. The van der Waals surface area contributed by atoms with Gasteiger partial charge in [0.25, 0.3) is 6.43 Å². The predicted octanol–water partition coefficient (Wildman–Crippen LogP) is 4.81. The smallest absolute Gasteiger partial charge is 0.272 e. The van der Waals surface area contributed by atoms with Crippen molar-refractivity contribution >= 4 is 28.1 Å². The monoisotopic (exact) mass is 446 g/mol. The van der Waals surface area contributed by atoms with Gasteiger partial charge in [-0.15, -0.1) is 10.2 Å². The van der Waals surface area contributed by atoms with Crippen molar-refractivity contribution in [2.45, 2.75) is 26.3 Å². The molecule has 7 nitrogen and oxygen atoms in total. The number of alkyl halides is 2. The minimum absolute atomic E-state index is 0.156. The van der Waals surface area contributed by atoms with E-state index in [2.05, 4.69) is 30.5 Å². The summed E-state index contributed by atoms with van der Waals surface area (Å²) in [6.07, 6.45) is -0.240. The summed E-state index contributed by atoms with van der Waals surface area (Å²) >= 11 is 1.45. The third kappa shape index (κ3) is 4.71. The van der Waals surface area contributed by atoms with Gasteiger partial charge in [0.15, 0.2) is 0 Å². The highest BCUT2D eigenvalue weighted by atomic mass is 32.1. The van der Waals surface area contributed by atoms with E-state index >= 15 is 0 Å². The highest BCUT2D eigenvalue weighted by Gasteiger charge is 2.17. The molecule has 1 unspecified atom stereocenters. The van der Waals surface area contributed by atoms with Crippen LogP contribution in [0.5, 0.6) is 5.75 Å². The van der Waals surface area contributed by atoms with Gasteiger partial charge in [-0.2, -0.15) is 0 Å². The molecule has 0 radical (unpaired) electrons. The SMILES string of the molecule is Cc1nnc(C(C)Nc2ncnc3c(OCC(F)F)cc(-c4ccc(F)cn4)cc23)s1. The fraction of sp³-hybridized carbons (Fsp3) is 0.250. The number of fused-ring (bicyclic) bond motifs is 1. The summed E-state index contributed by atoms with van der Waals surface area (Å²) < 4.78 is 44.2. The first-order valence-electron chi connectivity index (χ1n) is 9.29. The molecule has 0 saturated heterocycles. The summed E-state index contributed by atoms with van der Waals surface area (Å²) in [6, 6.07) is 5.87. The standard InChI is InChI=1S/C20H17F3N6OS/c1-10(20-29-28-11(2)31-20)27-19-14-5-12(15-4-3-13(21)7-24-15)6-16(30-8-17(22)23)18(14)25-9-26-19/h3-7,9-10,17H,8H2,1-2H3,(H,25,26,27). The van der Waals surface area contributed by atoms with Gasteiger partial charge in [0.1, 0.15) is 45.9 Å². The third-order valence-electron chi connectivity index (χ3n) is 4.36. The van der Waals surface area contributed by atoms with Gasteiger partial charge in [-0.25, -0.2) is 23.1 Å². The van der Waals surface area contributed by atoms with E-state index in [1.165, 1.54) is 29.8 Å². The van der Waals surface area contributed by atoms with E-state index in [4.69, 9.17) is 4.74 Å². The second-order valence-corrected chi connectivity index (χ2v) is 7.90. The molecule has 11 heteroatoms. The average molecular weight is 446 g/mol. The maximum atomic E-state index is 13.3. The first kappa shape index (κ1) is 20.9. The van der Waals surface area contributed by atoms with E-state index in [1.807, 2.05) is 13.8 Å². The fourth-order valence-electron chi connectivity index (χ4n) is 2.96. The fourth-order valence-corrected chi connectivity index (χ4v) is 3.66. The molecule has 0 amide bonds. The van der Waals surface area contributed by atoms with Gasteiger partial charge in [-0.05, 0) is 38.1 Å². The van der Waals surface area contributed by atoms with Crippen LogP contribution in [0.15, 0.2) is 36.8 Å². The Morgan fingerprint density at radius 3 is 2.65 bits per heavy atom. The number of aromatic nitrogens is 5. The van der Waals surface area contributed by atoms with Gasteiger partial charge in [-0.1, -0.05) is 11.3 Å². The van der Waals surface area contributed by atoms with Gasteiger partial charge in [0.05, 0.1) is 17.9 Å².